The van der Waals surface area contributed by atoms with Gasteiger partial charge in [0.25, 0.3) is 0 Å². The van der Waals surface area contributed by atoms with Crippen LogP contribution in [0.25, 0.3) is 0 Å². The van der Waals surface area contributed by atoms with E-state index in [0.717, 1.165) is 71.5 Å². The van der Waals surface area contributed by atoms with Crippen molar-refractivity contribution in [3.8, 4) is 0 Å². The fourth-order valence-electron chi connectivity index (χ4n) is 2.96. The normalized spacial score (nSPS) is 18.5. The summed E-state index contributed by atoms with van der Waals surface area (Å²) in [6.07, 6.45) is 7.05. The maximum Gasteiger partial charge on any atom is 0.226 e. The molecule has 0 aromatic carbocycles. The Bertz CT molecular complexity index is 389. The van der Waals surface area contributed by atoms with Crippen molar-refractivity contribution in [2.24, 2.45) is 11.7 Å². The molecule has 6 nitrogen and oxygen atoms in total. The number of carbonyl (C=O) groups is 2. The molecule has 0 spiro atoms. The molecule has 2 rings (SSSR count). The summed E-state index contributed by atoms with van der Waals surface area (Å²) >= 11 is 0. The minimum Gasteiger partial charge on any atom is -0.378 e. The Labute approximate surface area is 146 Å². The van der Waals surface area contributed by atoms with Crippen molar-refractivity contribution < 1.29 is 14.3 Å². The number of nitrogens with two attached hydrogens (primary N) is 1. The van der Waals surface area contributed by atoms with Crippen LogP contribution in [0.4, 0.5) is 0 Å². The van der Waals surface area contributed by atoms with E-state index >= 15 is 0 Å². The molecular weight excluding hydrogens is 306 g/mol. The van der Waals surface area contributed by atoms with E-state index in [2.05, 4.69) is 18.4 Å². The number of rotatable bonds is 7. The van der Waals surface area contributed by atoms with Gasteiger partial charge in [0, 0.05) is 38.5 Å². The van der Waals surface area contributed by atoms with E-state index in [1.54, 1.807) is 0 Å². The number of hydrogen-bond acceptors (Lipinski definition) is 4. The van der Waals surface area contributed by atoms with E-state index in [-0.39, 0.29) is 24.2 Å². The van der Waals surface area contributed by atoms with Crippen LogP contribution in [0.15, 0.2) is 12.8 Å². The first-order valence-corrected chi connectivity index (χ1v) is 9.10. The molecule has 0 radical (unpaired) electrons. The van der Waals surface area contributed by atoms with Crippen molar-refractivity contribution >= 4 is 11.8 Å². The number of nitrogens with zero attached hydrogens (tertiary/aromatic N) is 2. The Morgan fingerprint density at radius 1 is 1.21 bits per heavy atom. The lowest BCUT2D eigenvalue weighted by atomic mass is 9.96. The largest absolute Gasteiger partial charge is 0.378 e. The highest BCUT2D eigenvalue weighted by atomic mass is 16.5. The minimum atomic E-state index is -0.367. The average molecular weight is 339 g/mol. The van der Waals surface area contributed by atoms with E-state index in [9.17, 15) is 9.59 Å². The van der Waals surface area contributed by atoms with Gasteiger partial charge in [-0.2, -0.15) is 0 Å². The molecule has 0 bridgehead atoms. The molecule has 2 N–H and O–H groups in total. The molecular formula is C18H33N3O3. The number of likely N-dealkylation sites (tertiary alicyclic amines) is 1. The monoisotopic (exact) mass is 339 g/mol. The molecule has 0 aliphatic carbocycles. The third-order valence-corrected chi connectivity index (χ3v) is 4.42. The summed E-state index contributed by atoms with van der Waals surface area (Å²) in [5, 5.41) is 0. The minimum absolute atomic E-state index is 0.129. The SMILES string of the molecule is C=CN1CCOCC1.CCCCC(CC(N)=O)C(=O)N1CCCC1. The molecule has 2 fully saturated rings. The molecule has 0 aromatic heterocycles. The van der Waals surface area contributed by atoms with Crippen LogP contribution in [0.3, 0.4) is 0 Å². The zero-order valence-electron chi connectivity index (χ0n) is 15.0. The zero-order chi connectivity index (χ0) is 17.8. The standard InChI is InChI=1S/C12H22N2O2.C6H11NO/c1-2-3-6-10(9-11(13)15)12(16)14-7-4-5-8-14;1-2-7-3-5-8-6-4-7/h10H,2-9H2,1H3,(H2,13,15);2H,1,3-6H2. The van der Waals surface area contributed by atoms with Crippen molar-refractivity contribution in [2.75, 3.05) is 39.4 Å². The Morgan fingerprint density at radius 3 is 2.29 bits per heavy atom. The van der Waals surface area contributed by atoms with E-state index in [0.29, 0.717) is 0 Å². The topological polar surface area (TPSA) is 75.9 Å². The van der Waals surface area contributed by atoms with Gasteiger partial charge in [-0.3, -0.25) is 9.59 Å². The lowest BCUT2D eigenvalue weighted by Crippen LogP contribution is -2.35. The molecule has 2 amide bonds. The predicted molar refractivity (Wildman–Crippen MR) is 95.2 cm³/mol. The first-order chi connectivity index (χ1) is 11.6. The van der Waals surface area contributed by atoms with Crippen LogP contribution in [0.1, 0.15) is 45.4 Å². The van der Waals surface area contributed by atoms with Crippen LogP contribution in [0, 0.1) is 5.92 Å². The lowest BCUT2D eigenvalue weighted by molar-refractivity contribution is -0.137. The molecule has 2 aliphatic rings. The third kappa shape index (κ3) is 7.81. The predicted octanol–water partition coefficient (Wildman–Crippen LogP) is 1.75. The van der Waals surface area contributed by atoms with Crippen LogP contribution in [-0.2, 0) is 14.3 Å². The Balaban J connectivity index is 0.000000300. The molecule has 24 heavy (non-hydrogen) atoms. The molecule has 138 valence electrons. The summed E-state index contributed by atoms with van der Waals surface area (Å²) in [6, 6.07) is 0. The van der Waals surface area contributed by atoms with Crippen LogP contribution in [0.2, 0.25) is 0 Å². The first kappa shape index (κ1) is 20.5. The molecule has 1 unspecified atom stereocenters. The van der Waals surface area contributed by atoms with Gasteiger partial charge < -0.3 is 20.3 Å². The second-order valence-corrected chi connectivity index (χ2v) is 6.37. The maximum atomic E-state index is 12.1. The van der Waals surface area contributed by atoms with Crippen molar-refractivity contribution in [1.29, 1.82) is 0 Å². The fraction of sp³-hybridized carbons (Fsp3) is 0.778. The molecule has 0 saturated carbocycles. The van der Waals surface area contributed by atoms with Gasteiger partial charge in [-0.1, -0.05) is 26.3 Å². The van der Waals surface area contributed by atoms with Crippen molar-refractivity contribution in [3.63, 3.8) is 0 Å². The summed E-state index contributed by atoms with van der Waals surface area (Å²) < 4.78 is 5.11. The number of amides is 2. The molecule has 2 heterocycles. The molecule has 6 heteroatoms. The average Bonchev–Trinajstić information content (AvgIpc) is 3.13. The summed E-state index contributed by atoms with van der Waals surface area (Å²) in [5.74, 6) is -0.422. The van der Waals surface area contributed by atoms with E-state index in [1.165, 1.54) is 0 Å². The summed E-state index contributed by atoms with van der Waals surface area (Å²) in [4.78, 5) is 27.1. The van der Waals surface area contributed by atoms with Gasteiger partial charge in [0.05, 0.1) is 13.2 Å². The smallest absolute Gasteiger partial charge is 0.226 e. The zero-order valence-corrected chi connectivity index (χ0v) is 15.0. The van der Waals surface area contributed by atoms with Gasteiger partial charge in [0.1, 0.15) is 0 Å². The Kier molecular flexibility index (Phi) is 10.2. The first-order valence-electron chi connectivity index (χ1n) is 9.10. The van der Waals surface area contributed by atoms with Gasteiger partial charge in [-0.25, -0.2) is 0 Å². The quantitative estimate of drug-likeness (QED) is 0.767. The van der Waals surface area contributed by atoms with Gasteiger partial charge >= 0.3 is 0 Å². The number of carbonyl (C=O) groups excluding carboxylic acids is 2. The number of morpholine rings is 1. The molecule has 1 atom stereocenters. The summed E-state index contributed by atoms with van der Waals surface area (Å²) in [5.41, 5.74) is 5.19. The van der Waals surface area contributed by atoms with Gasteiger partial charge in [0.15, 0.2) is 0 Å². The number of primary amides is 1. The Hall–Kier alpha value is -1.56. The second-order valence-electron chi connectivity index (χ2n) is 6.37. The van der Waals surface area contributed by atoms with E-state index in [1.807, 2.05) is 11.1 Å². The second kappa shape index (κ2) is 11.9. The lowest BCUT2D eigenvalue weighted by Gasteiger charge is -2.24. The van der Waals surface area contributed by atoms with Crippen LogP contribution in [0.5, 0.6) is 0 Å². The van der Waals surface area contributed by atoms with E-state index in [4.69, 9.17) is 10.5 Å². The van der Waals surface area contributed by atoms with Crippen LogP contribution >= 0.6 is 0 Å². The van der Waals surface area contributed by atoms with Gasteiger partial charge in [-0.15, -0.1) is 0 Å². The summed E-state index contributed by atoms with van der Waals surface area (Å²) in [7, 11) is 0. The van der Waals surface area contributed by atoms with Gasteiger partial charge in [-0.05, 0) is 25.5 Å². The van der Waals surface area contributed by atoms with E-state index < -0.39 is 0 Å². The number of hydrogen-bond donors (Lipinski definition) is 1. The van der Waals surface area contributed by atoms with Crippen molar-refractivity contribution in [1.82, 2.24) is 9.80 Å². The molecule has 2 saturated heterocycles. The van der Waals surface area contributed by atoms with Crippen molar-refractivity contribution in [2.45, 2.75) is 45.4 Å². The summed E-state index contributed by atoms with van der Waals surface area (Å²) in [6.45, 7) is 11.1. The van der Waals surface area contributed by atoms with Gasteiger partial charge in [0.2, 0.25) is 11.8 Å². The third-order valence-electron chi connectivity index (χ3n) is 4.42. The molecule has 0 aromatic rings. The highest BCUT2D eigenvalue weighted by molar-refractivity contribution is 5.85. The number of unbranched alkanes of at least 4 members (excludes halogenated alkanes) is 1. The Morgan fingerprint density at radius 2 is 1.83 bits per heavy atom. The van der Waals surface area contributed by atoms with Crippen LogP contribution in [-0.4, -0.2) is 61.0 Å². The molecule has 2 aliphatic heterocycles. The highest BCUT2D eigenvalue weighted by Gasteiger charge is 2.27. The van der Waals surface area contributed by atoms with Crippen LogP contribution < -0.4 is 5.73 Å². The fourth-order valence-corrected chi connectivity index (χ4v) is 2.96. The highest BCUT2D eigenvalue weighted by Crippen LogP contribution is 2.19. The maximum absolute atomic E-state index is 12.1. The van der Waals surface area contributed by atoms with Crippen molar-refractivity contribution in [3.05, 3.63) is 12.8 Å². The number of ether oxygens (including phenoxy) is 1.